The van der Waals surface area contributed by atoms with Gasteiger partial charge >= 0.3 is 0 Å². The molecule has 0 saturated heterocycles. The number of rotatable bonds is 7. The maximum Gasteiger partial charge on any atom is 0.253 e. The fraction of sp³-hybridized carbons (Fsp3) is 0.280. The third kappa shape index (κ3) is 5.58. The molecule has 6 nitrogen and oxygen atoms in total. The largest absolute Gasteiger partial charge is 0.348 e. The number of hydrogen-bond acceptors (Lipinski definition) is 4. The molecule has 0 aliphatic heterocycles. The molecule has 4 rings (SSSR count). The molecule has 0 bridgehead atoms. The molecule has 3 aromatic rings. The van der Waals surface area contributed by atoms with E-state index in [0.29, 0.717) is 23.5 Å². The number of anilines is 1. The first-order valence-electron chi connectivity index (χ1n) is 10.7. The van der Waals surface area contributed by atoms with Gasteiger partial charge in [0.05, 0.1) is 11.3 Å². The number of pyridine rings is 2. The lowest BCUT2D eigenvalue weighted by Crippen LogP contribution is -2.44. The fourth-order valence-electron chi connectivity index (χ4n) is 3.89. The molecule has 1 aliphatic carbocycles. The first-order chi connectivity index (χ1) is 15.8. The van der Waals surface area contributed by atoms with Gasteiger partial charge in [0.2, 0.25) is 11.8 Å². The first kappa shape index (κ1) is 22.5. The topological polar surface area (TPSA) is 75.2 Å². The maximum atomic E-state index is 13.1. The normalized spacial score (nSPS) is 14.9. The maximum absolute atomic E-state index is 13.1. The highest BCUT2D eigenvalue weighted by Crippen LogP contribution is 2.43. The van der Waals surface area contributed by atoms with Crippen molar-refractivity contribution in [3.05, 3.63) is 78.2 Å². The van der Waals surface area contributed by atoms with E-state index in [1.54, 1.807) is 36.7 Å². The standard InChI is InChI=1S/C25H24F2N4O2/c1-17(32)31(16-19-11-25(26,27)12-19)22-7-4-20(5-8-22)23-9-6-21(15-29-23)24(33)30-14-18-3-2-10-28-13-18/h2-10,13,15,19H,11-12,14,16H2,1H3,(H,30,33). The Labute approximate surface area is 190 Å². The van der Waals surface area contributed by atoms with E-state index in [2.05, 4.69) is 15.3 Å². The van der Waals surface area contributed by atoms with Crippen molar-refractivity contribution in [3.8, 4) is 11.3 Å². The molecule has 1 aromatic carbocycles. The van der Waals surface area contributed by atoms with Crippen molar-refractivity contribution in [1.82, 2.24) is 15.3 Å². The highest BCUT2D eigenvalue weighted by molar-refractivity contribution is 5.94. The molecule has 1 N–H and O–H groups in total. The number of alkyl halides is 2. The Balaban J connectivity index is 1.38. The molecular weight excluding hydrogens is 426 g/mol. The Kier molecular flexibility index (Phi) is 6.44. The zero-order valence-corrected chi connectivity index (χ0v) is 18.2. The van der Waals surface area contributed by atoms with Gasteiger partial charge in [-0.3, -0.25) is 19.6 Å². The number of benzene rings is 1. The van der Waals surface area contributed by atoms with Crippen molar-refractivity contribution in [2.75, 3.05) is 11.4 Å². The summed E-state index contributed by atoms with van der Waals surface area (Å²) in [7, 11) is 0. The molecule has 2 aromatic heterocycles. The second kappa shape index (κ2) is 9.44. The number of nitrogens with zero attached hydrogens (tertiary/aromatic N) is 3. The minimum absolute atomic E-state index is 0.180. The summed E-state index contributed by atoms with van der Waals surface area (Å²) in [6.45, 7) is 2.09. The summed E-state index contributed by atoms with van der Waals surface area (Å²) in [4.78, 5) is 34.4. The monoisotopic (exact) mass is 450 g/mol. The highest BCUT2D eigenvalue weighted by Gasteiger charge is 2.45. The molecule has 0 spiro atoms. The Morgan fingerprint density at radius 1 is 1.09 bits per heavy atom. The van der Waals surface area contributed by atoms with Crippen LogP contribution in [0.3, 0.4) is 0 Å². The minimum atomic E-state index is -2.61. The molecule has 2 amide bonds. The second-order valence-electron chi connectivity index (χ2n) is 8.28. The summed E-state index contributed by atoms with van der Waals surface area (Å²) in [5, 5.41) is 2.83. The van der Waals surface area contributed by atoms with Crippen LogP contribution in [0.4, 0.5) is 14.5 Å². The summed E-state index contributed by atoms with van der Waals surface area (Å²) >= 11 is 0. The first-order valence-corrected chi connectivity index (χ1v) is 10.7. The van der Waals surface area contributed by atoms with E-state index in [4.69, 9.17) is 0 Å². The van der Waals surface area contributed by atoms with Gasteiger partial charge < -0.3 is 10.2 Å². The summed E-state index contributed by atoms with van der Waals surface area (Å²) in [6, 6.07) is 14.4. The number of carbonyl (C=O) groups excluding carboxylic acids is 2. The molecule has 2 heterocycles. The van der Waals surface area contributed by atoms with Gasteiger partial charge in [0.15, 0.2) is 0 Å². The lowest BCUT2D eigenvalue weighted by molar-refractivity contribution is -0.121. The van der Waals surface area contributed by atoms with Crippen LogP contribution in [0.25, 0.3) is 11.3 Å². The number of halogens is 2. The van der Waals surface area contributed by atoms with Gasteiger partial charge in [-0.25, -0.2) is 8.78 Å². The van der Waals surface area contributed by atoms with Crippen LogP contribution in [-0.2, 0) is 11.3 Å². The molecule has 8 heteroatoms. The number of nitrogens with one attached hydrogen (secondary N) is 1. The molecule has 0 unspecified atom stereocenters. The second-order valence-corrected chi connectivity index (χ2v) is 8.28. The summed E-state index contributed by atoms with van der Waals surface area (Å²) in [5.74, 6) is -3.21. The number of aromatic nitrogens is 2. The van der Waals surface area contributed by atoms with Crippen LogP contribution in [0.5, 0.6) is 0 Å². The zero-order chi connectivity index (χ0) is 23.4. The molecule has 1 aliphatic rings. The van der Waals surface area contributed by atoms with E-state index in [-0.39, 0.29) is 37.1 Å². The zero-order valence-electron chi connectivity index (χ0n) is 18.2. The van der Waals surface area contributed by atoms with Crippen LogP contribution < -0.4 is 10.2 Å². The Bertz CT molecular complexity index is 1110. The predicted octanol–water partition coefficient (Wildman–Crippen LogP) is 4.47. The molecule has 170 valence electrons. The highest BCUT2D eigenvalue weighted by atomic mass is 19.3. The van der Waals surface area contributed by atoms with Crippen LogP contribution in [0.15, 0.2) is 67.1 Å². The minimum Gasteiger partial charge on any atom is -0.348 e. The van der Waals surface area contributed by atoms with Crippen molar-refractivity contribution in [3.63, 3.8) is 0 Å². The van der Waals surface area contributed by atoms with Crippen LogP contribution >= 0.6 is 0 Å². The molecule has 0 atom stereocenters. The van der Waals surface area contributed by atoms with Gasteiger partial charge in [-0.05, 0) is 41.8 Å². The van der Waals surface area contributed by atoms with E-state index >= 15 is 0 Å². The van der Waals surface area contributed by atoms with Crippen molar-refractivity contribution in [2.45, 2.75) is 32.2 Å². The van der Waals surface area contributed by atoms with Crippen molar-refractivity contribution in [1.29, 1.82) is 0 Å². The molecule has 1 fully saturated rings. The van der Waals surface area contributed by atoms with Crippen LogP contribution in [0.1, 0.15) is 35.7 Å². The third-order valence-electron chi connectivity index (χ3n) is 5.67. The summed E-state index contributed by atoms with van der Waals surface area (Å²) in [6.07, 6.45) is 4.52. The average Bonchev–Trinajstić information content (AvgIpc) is 2.80. The van der Waals surface area contributed by atoms with Gasteiger partial charge in [0.1, 0.15) is 0 Å². The van der Waals surface area contributed by atoms with Crippen LogP contribution in [0, 0.1) is 5.92 Å². The van der Waals surface area contributed by atoms with E-state index in [1.807, 2.05) is 24.3 Å². The molecule has 1 saturated carbocycles. The van der Waals surface area contributed by atoms with Gasteiger partial charge in [-0.2, -0.15) is 0 Å². The van der Waals surface area contributed by atoms with E-state index in [9.17, 15) is 18.4 Å². The summed E-state index contributed by atoms with van der Waals surface area (Å²) in [5.41, 5.74) is 3.51. The quantitative estimate of drug-likeness (QED) is 0.576. The van der Waals surface area contributed by atoms with Crippen molar-refractivity contribution < 1.29 is 18.4 Å². The van der Waals surface area contributed by atoms with E-state index < -0.39 is 5.92 Å². The lowest BCUT2D eigenvalue weighted by atomic mass is 9.81. The molecular formula is C25H24F2N4O2. The Morgan fingerprint density at radius 2 is 1.85 bits per heavy atom. The summed E-state index contributed by atoms with van der Waals surface area (Å²) < 4.78 is 26.3. The SMILES string of the molecule is CC(=O)N(CC1CC(F)(F)C1)c1ccc(-c2ccc(C(=O)NCc3cccnc3)cn2)cc1. The van der Waals surface area contributed by atoms with Crippen molar-refractivity contribution in [2.24, 2.45) is 5.92 Å². The van der Waals surface area contributed by atoms with Crippen LogP contribution in [0.2, 0.25) is 0 Å². The smallest absolute Gasteiger partial charge is 0.253 e. The lowest BCUT2D eigenvalue weighted by Gasteiger charge is -2.38. The van der Waals surface area contributed by atoms with Gasteiger partial charge in [-0.1, -0.05) is 18.2 Å². The van der Waals surface area contributed by atoms with Gasteiger partial charge in [0.25, 0.3) is 5.91 Å². The third-order valence-corrected chi connectivity index (χ3v) is 5.67. The predicted molar refractivity (Wildman–Crippen MR) is 121 cm³/mol. The van der Waals surface area contributed by atoms with E-state index in [1.165, 1.54) is 18.0 Å². The van der Waals surface area contributed by atoms with Gasteiger partial charge in [-0.15, -0.1) is 0 Å². The molecule has 33 heavy (non-hydrogen) atoms. The molecule has 0 radical (unpaired) electrons. The van der Waals surface area contributed by atoms with E-state index in [0.717, 1.165) is 11.1 Å². The average molecular weight is 450 g/mol. The van der Waals surface area contributed by atoms with Crippen molar-refractivity contribution >= 4 is 17.5 Å². The Morgan fingerprint density at radius 3 is 2.42 bits per heavy atom. The Hall–Kier alpha value is -3.68. The fourth-order valence-corrected chi connectivity index (χ4v) is 3.89. The number of amides is 2. The van der Waals surface area contributed by atoms with Gasteiger partial charge in [0, 0.05) is 62.7 Å². The number of hydrogen-bond donors (Lipinski definition) is 1. The number of carbonyl (C=O) groups is 2. The van der Waals surface area contributed by atoms with Crippen LogP contribution in [-0.4, -0.2) is 34.2 Å².